The lowest BCUT2D eigenvalue weighted by Crippen LogP contribution is -2.25. The van der Waals surface area contributed by atoms with Crippen molar-refractivity contribution in [3.8, 4) is 0 Å². The van der Waals surface area contributed by atoms with E-state index < -0.39 is 0 Å². The Hall–Kier alpha value is -0.380. The predicted molar refractivity (Wildman–Crippen MR) is 35.1 cm³/mol. The minimum absolute atomic E-state index is 0.109. The van der Waals surface area contributed by atoms with Crippen LogP contribution in [-0.2, 0) is 9.59 Å². The van der Waals surface area contributed by atoms with Crippen LogP contribution >= 0.6 is 15.9 Å². The van der Waals surface area contributed by atoms with Crippen LogP contribution in [0.1, 0.15) is 6.42 Å². The molecule has 0 N–H and O–H groups in total. The van der Waals surface area contributed by atoms with Crippen molar-refractivity contribution in [2.45, 2.75) is 11.2 Å². The standard InChI is InChI=1S/C5H6BrNO2/c1-7-4(8)2-3(6)5(7)9/h3H,2H2,1H3. The molecule has 0 aromatic carbocycles. The molecule has 0 aliphatic carbocycles. The Morgan fingerprint density at radius 1 is 1.67 bits per heavy atom. The first kappa shape index (κ1) is 6.74. The summed E-state index contributed by atoms with van der Waals surface area (Å²) in [5, 5.41) is 0. The quantitative estimate of drug-likeness (QED) is 0.404. The van der Waals surface area contributed by atoms with Gasteiger partial charge in [0, 0.05) is 13.5 Å². The summed E-state index contributed by atoms with van der Waals surface area (Å²) < 4.78 is 0. The van der Waals surface area contributed by atoms with Gasteiger partial charge in [0.05, 0.1) is 0 Å². The molecule has 1 fully saturated rings. The van der Waals surface area contributed by atoms with E-state index in [1.54, 1.807) is 0 Å². The Morgan fingerprint density at radius 3 is 2.33 bits per heavy atom. The highest BCUT2D eigenvalue weighted by Crippen LogP contribution is 2.17. The molecule has 2 amide bonds. The van der Waals surface area contributed by atoms with Crippen molar-refractivity contribution in [1.82, 2.24) is 4.90 Å². The Labute approximate surface area is 61.1 Å². The first-order chi connectivity index (χ1) is 4.13. The van der Waals surface area contributed by atoms with Crippen LogP contribution in [0, 0.1) is 0 Å². The van der Waals surface area contributed by atoms with Crippen LogP contribution in [0.3, 0.4) is 0 Å². The summed E-state index contributed by atoms with van der Waals surface area (Å²) in [6.45, 7) is 0. The van der Waals surface area contributed by atoms with E-state index in [9.17, 15) is 9.59 Å². The second-order valence-corrected chi connectivity index (χ2v) is 3.07. The molecule has 9 heavy (non-hydrogen) atoms. The van der Waals surface area contributed by atoms with Crippen LogP contribution in [0.4, 0.5) is 0 Å². The average molecular weight is 192 g/mol. The van der Waals surface area contributed by atoms with Crippen LogP contribution in [0.2, 0.25) is 0 Å². The largest absolute Gasteiger partial charge is 0.285 e. The maximum absolute atomic E-state index is 10.8. The highest BCUT2D eigenvalue weighted by molar-refractivity contribution is 9.10. The molecule has 1 aliphatic rings. The molecule has 1 heterocycles. The highest BCUT2D eigenvalue weighted by Gasteiger charge is 2.33. The van der Waals surface area contributed by atoms with Gasteiger partial charge < -0.3 is 0 Å². The minimum atomic E-state index is -0.282. The molecular formula is C5H6BrNO2. The Morgan fingerprint density at radius 2 is 2.22 bits per heavy atom. The van der Waals surface area contributed by atoms with Gasteiger partial charge in [-0.2, -0.15) is 0 Å². The van der Waals surface area contributed by atoms with Gasteiger partial charge in [0.15, 0.2) is 0 Å². The molecule has 50 valence electrons. The van der Waals surface area contributed by atoms with Crippen LogP contribution < -0.4 is 0 Å². The maximum atomic E-state index is 10.8. The zero-order valence-electron chi connectivity index (χ0n) is 4.93. The van der Waals surface area contributed by atoms with Gasteiger partial charge in [-0.1, -0.05) is 15.9 Å². The number of carbonyl (C=O) groups is 2. The second-order valence-electron chi connectivity index (χ2n) is 1.96. The Bertz CT molecular complexity index is 168. The van der Waals surface area contributed by atoms with Crippen molar-refractivity contribution < 1.29 is 9.59 Å². The molecule has 4 heteroatoms. The van der Waals surface area contributed by atoms with Crippen molar-refractivity contribution in [2.24, 2.45) is 0 Å². The highest BCUT2D eigenvalue weighted by atomic mass is 79.9. The third-order valence-electron chi connectivity index (χ3n) is 1.33. The number of likely N-dealkylation sites (tertiary alicyclic amines) is 1. The van der Waals surface area contributed by atoms with E-state index in [0.29, 0.717) is 6.42 Å². The fraction of sp³-hybridized carbons (Fsp3) is 0.600. The summed E-state index contributed by atoms with van der Waals surface area (Å²) in [7, 11) is 1.49. The fourth-order valence-corrected chi connectivity index (χ4v) is 1.29. The summed E-state index contributed by atoms with van der Waals surface area (Å²) in [5.41, 5.74) is 0. The van der Waals surface area contributed by atoms with E-state index in [1.165, 1.54) is 7.05 Å². The number of rotatable bonds is 0. The number of hydrogen-bond donors (Lipinski definition) is 0. The third-order valence-corrected chi connectivity index (χ3v) is 2.04. The van der Waals surface area contributed by atoms with Gasteiger partial charge in [-0.25, -0.2) is 0 Å². The van der Waals surface area contributed by atoms with Gasteiger partial charge in [-0.05, 0) is 0 Å². The third kappa shape index (κ3) is 0.986. The van der Waals surface area contributed by atoms with Gasteiger partial charge in [0.2, 0.25) is 11.8 Å². The molecule has 0 bridgehead atoms. The molecule has 1 saturated heterocycles. The SMILES string of the molecule is CN1C(=O)CC(Br)C1=O. The number of imide groups is 1. The summed E-state index contributed by atoms with van der Waals surface area (Å²) in [5.74, 6) is -0.248. The van der Waals surface area contributed by atoms with E-state index in [1.807, 2.05) is 0 Å². The van der Waals surface area contributed by atoms with Crippen molar-refractivity contribution in [3.05, 3.63) is 0 Å². The van der Waals surface area contributed by atoms with Gasteiger partial charge >= 0.3 is 0 Å². The van der Waals surface area contributed by atoms with Gasteiger partial charge in [-0.15, -0.1) is 0 Å². The predicted octanol–water partition coefficient (Wildman–Crippen LogP) is 0.139. The number of carbonyl (C=O) groups excluding carboxylic acids is 2. The van der Waals surface area contributed by atoms with E-state index >= 15 is 0 Å². The van der Waals surface area contributed by atoms with E-state index in [4.69, 9.17) is 0 Å². The Kier molecular flexibility index (Phi) is 1.57. The zero-order chi connectivity index (χ0) is 7.02. The molecule has 0 aromatic heterocycles. The number of hydrogen-bond acceptors (Lipinski definition) is 2. The summed E-state index contributed by atoms with van der Waals surface area (Å²) >= 11 is 3.07. The second kappa shape index (κ2) is 2.10. The molecule has 3 nitrogen and oxygen atoms in total. The topological polar surface area (TPSA) is 37.4 Å². The molecular weight excluding hydrogens is 186 g/mol. The fourth-order valence-electron chi connectivity index (χ4n) is 0.711. The Balaban J connectivity index is 2.77. The van der Waals surface area contributed by atoms with Crippen molar-refractivity contribution in [1.29, 1.82) is 0 Å². The average Bonchev–Trinajstić information content (AvgIpc) is 1.98. The van der Waals surface area contributed by atoms with E-state index in [2.05, 4.69) is 15.9 Å². The zero-order valence-corrected chi connectivity index (χ0v) is 6.51. The van der Waals surface area contributed by atoms with Crippen LogP contribution in [0.5, 0.6) is 0 Å². The molecule has 1 aliphatic heterocycles. The number of nitrogens with zero attached hydrogens (tertiary/aromatic N) is 1. The molecule has 1 rings (SSSR count). The molecule has 1 unspecified atom stereocenters. The number of alkyl halides is 1. The first-order valence-corrected chi connectivity index (χ1v) is 3.49. The molecule has 1 atom stereocenters. The molecule has 0 spiro atoms. The smallest absolute Gasteiger partial charge is 0.243 e. The van der Waals surface area contributed by atoms with Crippen molar-refractivity contribution in [3.63, 3.8) is 0 Å². The summed E-state index contributed by atoms with van der Waals surface area (Å²) in [4.78, 5) is 22.3. The molecule has 0 saturated carbocycles. The van der Waals surface area contributed by atoms with Crippen LogP contribution in [0.15, 0.2) is 0 Å². The number of halogens is 1. The minimum Gasteiger partial charge on any atom is -0.285 e. The van der Waals surface area contributed by atoms with Crippen molar-refractivity contribution in [2.75, 3.05) is 7.05 Å². The van der Waals surface area contributed by atoms with Crippen molar-refractivity contribution >= 4 is 27.7 Å². The van der Waals surface area contributed by atoms with Crippen LogP contribution in [0.25, 0.3) is 0 Å². The molecule has 0 radical (unpaired) electrons. The monoisotopic (exact) mass is 191 g/mol. The van der Waals surface area contributed by atoms with Gasteiger partial charge in [0.25, 0.3) is 0 Å². The van der Waals surface area contributed by atoms with Gasteiger partial charge in [-0.3, -0.25) is 14.5 Å². The summed E-state index contributed by atoms with van der Waals surface area (Å²) in [6, 6.07) is 0. The lowest BCUT2D eigenvalue weighted by atomic mass is 10.4. The lowest BCUT2D eigenvalue weighted by molar-refractivity contribution is -0.136. The van der Waals surface area contributed by atoms with Gasteiger partial charge in [0.1, 0.15) is 4.83 Å². The number of amides is 2. The van der Waals surface area contributed by atoms with E-state index in [-0.39, 0.29) is 16.6 Å². The maximum Gasteiger partial charge on any atom is 0.243 e. The first-order valence-electron chi connectivity index (χ1n) is 2.57. The van der Waals surface area contributed by atoms with Crippen LogP contribution in [-0.4, -0.2) is 28.6 Å². The van der Waals surface area contributed by atoms with E-state index in [0.717, 1.165) is 4.90 Å². The lowest BCUT2D eigenvalue weighted by Gasteiger charge is -2.02. The normalized spacial score (nSPS) is 27.8. The molecule has 0 aromatic rings. The summed E-state index contributed by atoms with van der Waals surface area (Å²) in [6.07, 6.45) is 0.301.